The van der Waals surface area contributed by atoms with Crippen molar-refractivity contribution in [2.45, 2.75) is 26.4 Å². The van der Waals surface area contributed by atoms with Gasteiger partial charge in [0, 0.05) is 18.3 Å². The molecule has 6 nitrogen and oxygen atoms in total. The number of carbonyl (C=O) groups is 2. The minimum atomic E-state index is -1.04. The lowest BCUT2D eigenvalue weighted by molar-refractivity contribution is -0.127. The van der Waals surface area contributed by atoms with E-state index in [1.165, 1.54) is 16.7 Å². The lowest BCUT2D eigenvalue weighted by Gasteiger charge is -2.14. The van der Waals surface area contributed by atoms with E-state index in [1.54, 1.807) is 13.0 Å². The number of nitrogens with zero attached hydrogens (tertiary/aromatic N) is 1. The number of carboxylic acid groups (broad SMARTS) is 1. The van der Waals surface area contributed by atoms with Crippen molar-refractivity contribution in [3.63, 3.8) is 0 Å². The molecule has 122 valence electrons. The largest absolute Gasteiger partial charge is 0.481 e. The third kappa shape index (κ3) is 5.07. The van der Waals surface area contributed by atoms with Gasteiger partial charge in [-0.05, 0) is 31.5 Å². The van der Waals surface area contributed by atoms with E-state index in [0.29, 0.717) is 23.7 Å². The molecule has 0 spiro atoms. The third-order valence-electron chi connectivity index (χ3n) is 3.08. The van der Waals surface area contributed by atoms with Crippen LogP contribution in [0.1, 0.15) is 28.0 Å². The molecule has 0 bridgehead atoms. The molecule has 1 aromatic heterocycles. The van der Waals surface area contributed by atoms with E-state index in [4.69, 9.17) is 9.84 Å². The average Bonchev–Trinajstić information content (AvgIpc) is 2.96. The number of aromatic carboxylic acids is 1. The van der Waals surface area contributed by atoms with Crippen LogP contribution in [-0.2, 0) is 11.2 Å². The summed E-state index contributed by atoms with van der Waals surface area (Å²) in [5.41, 5.74) is 1.10. The molecule has 1 atom stereocenters. The maximum absolute atomic E-state index is 12.0. The van der Waals surface area contributed by atoms with Gasteiger partial charge in [-0.1, -0.05) is 12.1 Å². The fourth-order valence-corrected chi connectivity index (χ4v) is 2.68. The molecule has 0 aliphatic heterocycles. The van der Waals surface area contributed by atoms with Crippen molar-refractivity contribution in [2.75, 3.05) is 6.54 Å². The van der Waals surface area contributed by atoms with Crippen molar-refractivity contribution in [2.24, 2.45) is 0 Å². The van der Waals surface area contributed by atoms with Crippen molar-refractivity contribution in [1.82, 2.24) is 10.3 Å². The molecule has 0 saturated carbocycles. The summed E-state index contributed by atoms with van der Waals surface area (Å²) >= 11 is 1.27. The Morgan fingerprint density at radius 2 is 2.22 bits per heavy atom. The normalized spacial score (nSPS) is 11.7. The Balaban J connectivity index is 1.78. The zero-order valence-corrected chi connectivity index (χ0v) is 13.7. The Morgan fingerprint density at radius 3 is 2.87 bits per heavy atom. The molecule has 1 amide bonds. The first-order valence-corrected chi connectivity index (χ1v) is 8.02. The van der Waals surface area contributed by atoms with Crippen molar-refractivity contribution in [1.29, 1.82) is 0 Å². The zero-order chi connectivity index (χ0) is 16.8. The molecule has 7 heteroatoms. The molecule has 0 saturated heterocycles. The van der Waals surface area contributed by atoms with E-state index in [2.05, 4.69) is 10.3 Å². The van der Waals surface area contributed by atoms with Crippen LogP contribution in [0.2, 0.25) is 0 Å². The van der Waals surface area contributed by atoms with Crippen molar-refractivity contribution in [3.8, 4) is 5.75 Å². The standard InChI is InChI=1S/C16H18N2O4S/c1-10-4-3-5-12(8-10)22-11(2)15(19)17-7-6-14-18-13(9-23-14)16(20)21/h3-5,8-9,11H,6-7H2,1-2H3,(H,17,19)(H,20,21). The molecule has 1 unspecified atom stereocenters. The summed E-state index contributed by atoms with van der Waals surface area (Å²) in [6.07, 6.45) is -0.122. The topological polar surface area (TPSA) is 88.5 Å². The van der Waals surface area contributed by atoms with Gasteiger partial charge in [-0.25, -0.2) is 9.78 Å². The number of carboxylic acids is 1. The van der Waals surface area contributed by atoms with Gasteiger partial charge in [0.15, 0.2) is 11.8 Å². The molecule has 0 fully saturated rings. The van der Waals surface area contributed by atoms with E-state index in [0.717, 1.165) is 5.56 Å². The first kappa shape index (κ1) is 17.0. The van der Waals surface area contributed by atoms with Gasteiger partial charge in [0.25, 0.3) is 5.91 Å². The Bertz CT molecular complexity index is 699. The molecular weight excluding hydrogens is 316 g/mol. The van der Waals surface area contributed by atoms with Gasteiger partial charge in [0.1, 0.15) is 5.75 Å². The highest BCUT2D eigenvalue weighted by Gasteiger charge is 2.15. The van der Waals surface area contributed by atoms with Gasteiger partial charge >= 0.3 is 5.97 Å². The number of rotatable bonds is 7. The van der Waals surface area contributed by atoms with Crippen LogP contribution in [0.25, 0.3) is 0 Å². The number of carbonyl (C=O) groups excluding carboxylic acids is 1. The highest BCUT2D eigenvalue weighted by atomic mass is 32.1. The van der Waals surface area contributed by atoms with Crippen molar-refractivity contribution in [3.05, 3.63) is 45.9 Å². The minimum absolute atomic E-state index is 0.0347. The number of thiazole rings is 1. The van der Waals surface area contributed by atoms with Gasteiger partial charge in [-0.15, -0.1) is 11.3 Å². The van der Waals surface area contributed by atoms with E-state index in [-0.39, 0.29) is 11.6 Å². The van der Waals surface area contributed by atoms with Crippen LogP contribution in [-0.4, -0.2) is 34.6 Å². The van der Waals surface area contributed by atoms with Gasteiger partial charge in [-0.2, -0.15) is 0 Å². The van der Waals surface area contributed by atoms with Crippen LogP contribution >= 0.6 is 11.3 Å². The van der Waals surface area contributed by atoms with E-state index in [9.17, 15) is 9.59 Å². The first-order chi connectivity index (χ1) is 11.0. The van der Waals surface area contributed by atoms with Crippen LogP contribution in [0.3, 0.4) is 0 Å². The number of hydrogen-bond donors (Lipinski definition) is 2. The predicted octanol–water partition coefficient (Wildman–Crippen LogP) is 2.28. The van der Waals surface area contributed by atoms with Gasteiger partial charge in [-0.3, -0.25) is 4.79 Å². The van der Waals surface area contributed by atoms with Crippen molar-refractivity contribution < 1.29 is 19.4 Å². The highest BCUT2D eigenvalue weighted by molar-refractivity contribution is 7.09. The van der Waals surface area contributed by atoms with Crippen LogP contribution in [0.4, 0.5) is 0 Å². The molecule has 0 radical (unpaired) electrons. The predicted molar refractivity (Wildman–Crippen MR) is 87.1 cm³/mol. The maximum Gasteiger partial charge on any atom is 0.355 e. The molecular formula is C16H18N2O4S. The van der Waals surface area contributed by atoms with Crippen LogP contribution in [0.15, 0.2) is 29.6 Å². The summed E-state index contributed by atoms with van der Waals surface area (Å²) in [4.78, 5) is 26.7. The Hall–Kier alpha value is -2.41. The average molecular weight is 334 g/mol. The number of aromatic nitrogens is 1. The third-order valence-corrected chi connectivity index (χ3v) is 3.99. The molecule has 2 rings (SSSR count). The molecule has 2 aromatic rings. The Kier molecular flexibility index (Phi) is 5.70. The van der Waals surface area contributed by atoms with E-state index < -0.39 is 12.1 Å². The number of ether oxygens (including phenoxy) is 1. The number of nitrogens with one attached hydrogen (secondary N) is 1. The Morgan fingerprint density at radius 1 is 1.43 bits per heavy atom. The number of hydrogen-bond acceptors (Lipinski definition) is 5. The van der Waals surface area contributed by atoms with E-state index >= 15 is 0 Å². The first-order valence-electron chi connectivity index (χ1n) is 7.14. The van der Waals surface area contributed by atoms with E-state index in [1.807, 2.05) is 25.1 Å². The fraction of sp³-hybridized carbons (Fsp3) is 0.312. The van der Waals surface area contributed by atoms with Crippen molar-refractivity contribution >= 4 is 23.2 Å². The zero-order valence-electron chi connectivity index (χ0n) is 12.9. The summed E-state index contributed by atoms with van der Waals surface area (Å²) in [5, 5.41) is 13.7. The minimum Gasteiger partial charge on any atom is -0.481 e. The lowest BCUT2D eigenvalue weighted by atomic mass is 10.2. The monoisotopic (exact) mass is 334 g/mol. The smallest absolute Gasteiger partial charge is 0.355 e. The van der Waals surface area contributed by atoms with Gasteiger partial charge < -0.3 is 15.2 Å². The molecule has 2 N–H and O–H groups in total. The number of benzene rings is 1. The maximum atomic E-state index is 12.0. The lowest BCUT2D eigenvalue weighted by Crippen LogP contribution is -2.37. The molecule has 1 heterocycles. The number of amides is 1. The molecule has 1 aromatic carbocycles. The van der Waals surface area contributed by atoms with Crippen LogP contribution < -0.4 is 10.1 Å². The van der Waals surface area contributed by atoms with Gasteiger partial charge in [0.05, 0.1) is 5.01 Å². The molecule has 0 aliphatic carbocycles. The van der Waals surface area contributed by atoms with Gasteiger partial charge in [0.2, 0.25) is 0 Å². The molecule has 0 aliphatic rings. The quantitative estimate of drug-likeness (QED) is 0.811. The highest BCUT2D eigenvalue weighted by Crippen LogP contribution is 2.14. The summed E-state index contributed by atoms with van der Waals surface area (Å²) in [5.74, 6) is -0.614. The van der Waals surface area contributed by atoms with Crippen LogP contribution in [0.5, 0.6) is 5.75 Å². The second kappa shape index (κ2) is 7.73. The van der Waals surface area contributed by atoms with Crippen LogP contribution in [0, 0.1) is 6.92 Å². The molecule has 23 heavy (non-hydrogen) atoms. The summed E-state index contributed by atoms with van der Waals surface area (Å²) in [6.45, 7) is 4.02. The SMILES string of the molecule is Cc1cccc(OC(C)C(=O)NCCc2nc(C(=O)O)cs2)c1. The number of aryl methyl sites for hydroxylation is 1. The Labute approximate surface area is 138 Å². The summed E-state index contributed by atoms with van der Waals surface area (Å²) < 4.78 is 5.59. The second-order valence-corrected chi connectivity index (χ2v) is 5.99. The second-order valence-electron chi connectivity index (χ2n) is 5.05. The fourth-order valence-electron chi connectivity index (χ4n) is 1.91. The summed E-state index contributed by atoms with van der Waals surface area (Å²) in [6, 6.07) is 7.50. The summed E-state index contributed by atoms with van der Waals surface area (Å²) in [7, 11) is 0.